The zero-order valence-corrected chi connectivity index (χ0v) is 15.2. The molecule has 0 aromatic heterocycles. The number of likely N-dealkylation sites (tertiary alicyclic amines) is 1. The molecular weight excluding hydrogens is 355 g/mol. The van der Waals surface area contributed by atoms with Gasteiger partial charge in [-0.25, -0.2) is 4.39 Å². The fourth-order valence-electron chi connectivity index (χ4n) is 3.10. The maximum Gasteiger partial charge on any atom is 0.229 e. The van der Waals surface area contributed by atoms with Crippen LogP contribution in [0.2, 0.25) is 5.02 Å². The second kappa shape index (κ2) is 7.87. The molecule has 136 valence electrons. The monoisotopic (exact) mass is 374 g/mol. The molecule has 1 aliphatic heterocycles. The number of hydrogen-bond acceptors (Lipinski definition) is 2. The third kappa shape index (κ3) is 4.05. The van der Waals surface area contributed by atoms with Crippen LogP contribution >= 0.6 is 11.6 Å². The maximum atomic E-state index is 13.7. The van der Waals surface area contributed by atoms with Crippen LogP contribution < -0.4 is 5.32 Å². The average molecular weight is 375 g/mol. The largest absolute Gasteiger partial charge is 0.342 e. The van der Waals surface area contributed by atoms with E-state index < -0.39 is 5.92 Å². The standard InChI is InChI=1S/C20H20ClFN2O2/c1-13-16(21)6-4-8-18(13)23-20(26)15-11-19(25)24(12-15)10-9-14-5-2-3-7-17(14)22/h2-8,15H,9-12H2,1H3,(H,23,26). The van der Waals surface area contributed by atoms with Crippen molar-refractivity contribution in [3.8, 4) is 0 Å². The molecule has 2 aromatic carbocycles. The van der Waals surface area contributed by atoms with E-state index in [2.05, 4.69) is 5.32 Å². The molecule has 0 spiro atoms. The fraction of sp³-hybridized carbons (Fsp3) is 0.300. The number of carbonyl (C=O) groups is 2. The highest BCUT2D eigenvalue weighted by atomic mass is 35.5. The van der Waals surface area contributed by atoms with Crippen LogP contribution in [0.25, 0.3) is 0 Å². The fourth-order valence-corrected chi connectivity index (χ4v) is 3.27. The Morgan fingerprint density at radius 1 is 1.27 bits per heavy atom. The van der Waals surface area contributed by atoms with Crippen molar-refractivity contribution in [1.29, 1.82) is 0 Å². The predicted octanol–water partition coefficient (Wildman–Crippen LogP) is 3.82. The lowest BCUT2D eigenvalue weighted by Gasteiger charge is -2.17. The van der Waals surface area contributed by atoms with Crippen molar-refractivity contribution in [2.24, 2.45) is 5.92 Å². The van der Waals surface area contributed by atoms with Gasteiger partial charge in [-0.2, -0.15) is 0 Å². The van der Waals surface area contributed by atoms with Crippen LogP contribution in [-0.2, 0) is 16.0 Å². The summed E-state index contributed by atoms with van der Waals surface area (Å²) in [6.07, 6.45) is 0.600. The summed E-state index contributed by atoms with van der Waals surface area (Å²) in [7, 11) is 0. The van der Waals surface area contributed by atoms with Crippen LogP contribution in [0.4, 0.5) is 10.1 Å². The third-order valence-corrected chi connectivity index (χ3v) is 5.13. The smallest absolute Gasteiger partial charge is 0.229 e. The lowest BCUT2D eigenvalue weighted by molar-refractivity contribution is -0.128. The van der Waals surface area contributed by atoms with Crippen LogP contribution in [-0.4, -0.2) is 29.8 Å². The number of benzene rings is 2. The van der Waals surface area contributed by atoms with Gasteiger partial charge in [0.2, 0.25) is 11.8 Å². The van der Waals surface area contributed by atoms with Crippen LogP contribution in [0, 0.1) is 18.7 Å². The number of amides is 2. The average Bonchev–Trinajstić information content (AvgIpc) is 2.99. The highest BCUT2D eigenvalue weighted by Crippen LogP contribution is 2.25. The van der Waals surface area contributed by atoms with E-state index in [9.17, 15) is 14.0 Å². The van der Waals surface area contributed by atoms with Crippen molar-refractivity contribution < 1.29 is 14.0 Å². The Morgan fingerprint density at radius 2 is 2.04 bits per heavy atom. The highest BCUT2D eigenvalue weighted by molar-refractivity contribution is 6.31. The molecule has 1 heterocycles. The summed E-state index contributed by atoms with van der Waals surface area (Å²) >= 11 is 6.07. The Morgan fingerprint density at radius 3 is 2.81 bits per heavy atom. The van der Waals surface area contributed by atoms with Crippen molar-refractivity contribution >= 4 is 29.1 Å². The molecule has 26 heavy (non-hydrogen) atoms. The number of carbonyl (C=O) groups excluding carboxylic acids is 2. The Kier molecular flexibility index (Phi) is 5.57. The molecule has 1 aliphatic rings. The van der Waals surface area contributed by atoms with Gasteiger partial charge in [-0.1, -0.05) is 35.9 Å². The summed E-state index contributed by atoms with van der Waals surface area (Å²) in [4.78, 5) is 26.3. The first-order chi connectivity index (χ1) is 12.5. The van der Waals surface area contributed by atoms with Gasteiger partial charge in [-0.15, -0.1) is 0 Å². The van der Waals surface area contributed by atoms with Crippen molar-refractivity contribution in [2.75, 3.05) is 18.4 Å². The summed E-state index contributed by atoms with van der Waals surface area (Å²) in [6, 6.07) is 11.8. The molecule has 2 aromatic rings. The summed E-state index contributed by atoms with van der Waals surface area (Å²) in [5.41, 5.74) is 2.02. The first-order valence-electron chi connectivity index (χ1n) is 8.53. The Labute approximate surface area is 157 Å². The van der Waals surface area contributed by atoms with E-state index in [4.69, 9.17) is 11.6 Å². The number of hydrogen-bond donors (Lipinski definition) is 1. The molecule has 3 rings (SSSR count). The zero-order chi connectivity index (χ0) is 18.7. The molecular formula is C20H20ClFN2O2. The van der Waals surface area contributed by atoms with Crippen LogP contribution in [0.5, 0.6) is 0 Å². The maximum absolute atomic E-state index is 13.7. The van der Waals surface area contributed by atoms with Gasteiger partial charge in [0, 0.05) is 30.2 Å². The van der Waals surface area contributed by atoms with E-state index in [1.807, 2.05) is 6.92 Å². The quantitative estimate of drug-likeness (QED) is 0.865. The summed E-state index contributed by atoms with van der Waals surface area (Å²) in [6.45, 7) is 2.58. The SMILES string of the molecule is Cc1c(Cl)cccc1NC(=O)C1CC(=O)N(CCc2ccccc2F)C1. The van der Waals surface area contributed by atoms with E-state index >= 15 is 0 Å². The number of nitrogens with one attached hydrogen (secondary N) is 1. The second-order valence-electron chi connectivity index (χ2n) is 6.48. The topological polar surface area (TPSA) is 49.4 Å². The summed E-state index contributed by atoms with van der Waals surface area (Å²) < 4.78 is 13.7. The minimum absolute atomic E-state index is 0.0793. The molecule has 1 unspecified atom stereocenters. The van der Waals surface area contributed by atoms with Gasteiger partial charge in [0.25, 0.3) is 0 Å². The van der Waals surface area contributed by atoms with Crippen molar-refractivity contribution in [3.63, 3.8) is 0 Å². The first kappa shape index (κ1) is 18.4. The molecule has 0 saturated carbocycles. The predicted molar refractivity (Wildman–Crippen MR) is 99.6 cm³/mol. The van der Waals surface area contributed by atoms with Gasteiger partial charge in [0.1, 0.15) is 5.82 Å². The number of nitrogens with zero attached hydrogens (tertiary/aromatic N) is 1. The first-order valence-corrected chi connectivity index (χ1v) is 8.90. The van der Waals surface area contributed by atoms with E-state index in [1.54, 1.807) is 41.3 Å². The van der Waals surface area contributed by atoms with Gasteiger partial charge in [-0.05, 0) is 42.7 Å². The summed E-state index contributed by atoms with van der Waals surface area (Å²) in [5.74, 6) is -0.965. The minimum Gasteiger partial charge on any atom is -0.342 e. The normalized spacial score (nSPS) is 16.8. The van der Waals surface area contributed by atoms with Crippen LogP contribution in [0.15, 0.2) is 42.5 Å². The molecule has 4 nitrogen and oxygen atoms in total. The number of rotatable bonds is 5. The van der Waals surface area contributed by atoms with Gasteiger partial charge in [0.15, 0.2) is 0 Å². The Hall–Kier alpha value is -2.40. The molecule has 0 aliphatic carbocycles. The van der Waals surface area contributed by atoms with Gasteiger partial charge >= 0.3 is 0 Å². The molecule has 1 atom stereocenters. The van der Waals surface area contributed by atoms with E-state index in [0.29, 0.717) is 35.8 Å². The van der Waals surface area contributed by atoms with Crippen molar-refractivity contribution in [1.82, 2.24) is 4.90 Å². The van der Waals surface area contributed by atoms with Crippen molar-refractivity contribution in [2.45, 2.75) is 19.8 Å². The third-order valence-electron chi connectivity index (χ3n) is 4.72. The second-order valence-corrected chi connectivity index (χ2v) is 6.89. The molecule has 2 amide bonds. The summed E-state index contributed by atoms with van der Waals surface area (Å²) in [5, 5.41) is 3.44. The van der Waals surface area contributed by atoms with E-state index in [1.165, 1.54) is 6.07 Å². The molecule has 0 radical (unpaired) electrons. The minimum atomic E-state index is -0.415. The van der Waals surface area contributed by atoms with Gasteiger partial charge < -0.3 is 10.2 Å². The van der Waals surface area contributed by atoms with E-state index in [-0.39, 0.29) is 24.1 Å². The van der Waals surface area contributed by atoms with Crippen LogP contribution in [0.3, 0.4) is 0 Å². The number of anilines is 1. The number of halogens is 2. The van der Waals surface area contributed by atoms with Crippen molar-refractivity contribution in [3.05, 3.63) is 64.4 Å². The Balaban J connectivity index is 1.59. The van der Waals surface area contributed by atoms with Crippen LogP contribution in [0.1, 0.15) is 17.5 Å². The van der Waals surface area contributed by atoms with Gasteiger partial charge in [0.05, 0.1) is 5.92 Å². The molecule has 1 N–H and O–H groups in total. The molecule has 6 heteroatoms. The molecule has 0 bridgehead atoms. The lowest BCUT2D eigenvalue weighted by Crippen LogP contribution is -2.30. The molecule has 1 saturated heterocycles. The lowest BCUT2D eigenvalue weighted by atomic mass is 10.1. The Bertz CT molecular complexity index is 840. The van der Waals surface area contributed by atoms with E-state index in [0.717, 1.165) is 5.56 Å². The molecule has 1 fully saturated rings. The zero-order valence-electron chi connectivity index (χ0n) is 14.5. The highest BCUT2D eigenvalue weighted by Gasteiger charge is 2.34. The van der Waals surface area contributed by atoms with Gasteiger partial charge in [-0.3, -0.25) is 9.59 Å².